The lowest BCUT2D eigenvalue weighted by Gasteiger charge is -2.09. The molecule has 0 aliphatic rings. The first-order chi connectivity index (χ1) is 12.9. The minimum Gasteiger partial charge on any atom is -0.375 e. The molecule has 27 heavy (non-hydrogen) atoms. The third-order valence-corrected chi connectivity index (χ3v) is 6.02. The highest BCUT2D eigenvalue weighted by molar-refractivity contribution is 7.90. The first-order valence-electron chi connectivity index (χ1n) is 8.59. The number of methoxy groups -OCH3 is 1. The molecule has 2 aromatic carbocycles. The molecule has 0 fully saturated rings. The number of benzene rings is 2. The normalized spacial score (nSPS) is 11.6. The van der Waals surface area contributed by atoms with Crippen LogP contribution in [0.4, 0.5) is 0 Å². The first-order valence-corrected chi connectivity index (χ1v) is 10.0. The number of hydrogen-bond acceptors (Lipinski definition) is 4. The minimum absolute atomic E-state index is 0.0245. The van der Waals surface area contributed by atoms with Gasteiger partial charge in [-0.05, 0) is 43.2 Å². The number of hydrogen-bond donors (Lipinski definition) is 1. The van der Waals surface area contributed by atoms with Gasteiger partial charge in [0, 0.05) is 25.2 Å². The molecular weight excluding hydrogens is 364 g/mol. The van der Waals surface area contributed by atoms with E-state index in [-0.39, 0.29) is 17.4 Å². The first kappa shape index (κ1) is 19.1. The quantitative estimate of drug-likeness (QED) is 0.677. The van der Waals surface area contributed by atoms with Gasteiger partial charge in [0.25, 0.3) is 10.0 Å². The molecule has 0 spiro atoms. The lowest BCUT2D eigenvalue weighted by atomic mass is 10.1. The molecule has 0 radical (unpaired) electrons. The van der Waals surface area contributed by atoms with Crippen LogP contribution >= 0.6 is 0 Å². The topological polar surface area (TPSA) is 77.4 Å². The second kappa shape index (κ2) is 7.94. The fraction of sp³-hybridized carbons (Fsp3) is 0.250. The molecule has 0 unspecified atom stereocenters. The smallest absolute Gasteiger partial charge is 0.268 e. The maximum absolute atomic E-state index is 13.0. The van der Waals surface area contributed by atoms with Crippen LogP contribution in [0.5, 0.6) is 0 Å². The van der Waals surface area contributed by atoms with Gasteiger partial charge in [0.1, 0.15) is 6.61 Å². The van der Waals surface area contributed by atoms with Crippen LogP contribution in [0, 0.1) is 6.92 Å². The zero-order valence-electron chi connectivity index (χ0n) is 15.3. The summed E-state index contributed by atoms with van der Waals surface area (Å²) in [7, 11) is -2.20. The van der Waals surface area contributed by atoms with Crippen LogP contribution in [-0.4, -0.2) is 38.6 Å². The van der Waals surface area contributed by atoms with Gasteiger partial charge in [-0.3, -0.25) is 4.79 Å². The van der Waals surface area contributed by atoms with Gasteiger partial charge in [0.05, 0.1) is 10.4 Å². The predicted molar refractivity (Wildman–Crippen MR) is 104 cm³/mol. The standard InChI is InChI=1S/C20H22N2O4S/c1-15-3-7-18(8-4-15)27(24,25)22-12-10-17-6-5-16(13-19(17)22)9-11-21-20(23)14-26-2/h3-8,10,12-13H,9,11,14H2,1-2H3,(H,21,23). The molecule has 0 aliphatic heterocycles. The Balaban J connectivity index is 1.87. The molecule has 0 aliphatic carbocycles. The predicted octanol–water partition coefficient (Wildman–Crippen LogP) is 2.49. The van der Waals surface area contributed by atoms with Crippen LogP contribution in [0.15, 0.2) is 59.6 Å². The van der Waals surface area contributed by atoms with Gasteiger partial charge in [-0.15, -0.1) is 0 Å². The SMILES string of the molecule is COCC(=O)NCCc1ccc2ccn(S(=O)(=O)c3ccc(C)cc3)c2c1. The second-order valence-corrected chi connectivity index (χ2v) is 8.17. The van der Waals surface area contributed by atoms with Crippen molar-refractivity contribution in [2.24, 2.45) is 0 Å². The lowest BCUT2D eigenvalue weighted by molar-refractivity contribution is -0.124. The molecule has 7 heteroatoms. The molecule has 3 aromatic rings. The Labute approximate surface area is 158 Å². The van der Waals surface area contributed by atoms with Crippen molar-refractivity contribution in [2.45, 2.75) is 18.2 Å². The number of aryl methyl sites for hydroxylation is 1. The summed E-state index contributed by atoms with van der Waals surface area (Å²) in [5.74, 6) is -0.177. The number of ether oxygens (including phenoxy) is 1. The van der Waals surface area contributed by atoms with E-state index in [0.29, 0.717) is 18.5 Å². The summed E-state index contributed by atoms with van der Waals surface area (Å²) in [5.41, 5.74) is 2.57. The molecule has 0 atom stereocenters. The second-order valence-electron chi connectivity index (χ2n) is 6.36. The maximum Gasteiger partial charge on any atom is 0.268 e. The number of amides is 1. The van der Waals surface area contributed by atoms with E-state index in [1.807, 2.05) is 25.1 Å². The van der Waals surface area contributed by atoms with E-state index in [4.69, 9.17) is 4.74 Å². The van der Waals surface area contributed by atoms with Gasteiger partial charge in [-0.25, -0.2) is 12.4 Å². The Morgan fingerprint density at radius 2 is 1.85 bits per heavy atom. The average Bonchev–Trinajstić information content (AvgIpc) is 3.06. The Morgan fingerprint density at radius 3 is 2.56 bits per heavy atom. The van der Waals surface area contributed by atoms with Crippen molar-refractivity contribution in [3.63, 3.8) is 0 Å². The Bertz CT molecular complexity index is 1050. The highest BCUT2D eigenvalue weighted by Gasteiger charge is 2.18. The third-order valence-electron chi connectivity index (χ3n) is 4.31. The zero-order chi connectivity index (χ0) is 19.4. The molecule has 1 aromatic heterocycles. The van der Waals surface area contributed by atoms with Crippen LogP contribution in [-0.2, 0) is 26.0 Å². The molecule has 0 saturated carbocycles. The zero-order valence-corrected chi connectivity index (χ0v) is 16.1. The van der Waals surface area contributed by atoms with E-state index >= 15 is 0 Å². The molecule has 1 amide bonds. The number of carbonyl (C=O) groups excluding carboxylic acids is 1. The lowest BCUT2D eigenvalue weighted by Crippen LogP contribution is -2.28. The molecule has 3 rings (SSSR count). The van der Waals surface area contributed by atoms with Crippen molar-refractivity contribution in [2.75, 3.05) is 20.3 Å². The van der Waals surface area contributed by atoms with Crippen molar-refractivity contribution in [1.29, 1.82) is 0 Å². The highest BCUT2D eigenvalue weighted by Crippen LogP contribution is 2.23. The van der Waals surface area contributed by atoms with Crippen LogP contribution < -0.4 is 5.32 Å². The van der Waals surface area contributed by atoms with Gasteiger partial charge in [-0.1, -0.05) is 29.8 Å². The van der Waals surface area contributed by atoms with Crippen LogP contribution in [0.3, 0.4) is 0 Å². The van der Waals surface area contributed by atoms with E-state index in [2.05, 4.69) is 5.32 Å². The number of carbonyl (C=O) groups is 1. The number of nitrogens with one attached hydrogen (secondary N) is 1. The van der Waals surface area contributed by atoms with Crippen LogP contribution in [0.1, 0.15) is 11.1 Å². The van der Waals surface area contributed by atoms with E-state index in [1.165, 1.54) is 11.1 Å². The molecule has 0 saturated heterocycles. The maximum atomic E-state index is 13.0. The fourth-order valence-electron chi connectivity index (χ4n) is 2.87. The highest BCUT2D eigenvalue weighted by atomic mass is 32.2. The van der Waals surface area contributed by atoms with Crippen molar-refractivity contribution in [3.8, 4) is 0 Å². The third kappa shape index (κ3) is 4.20. The van der Waals surface area contributed by atoms with E-state index in [1.54, 1.807) is 36.5 Å². The van der Waals surface area contributed by atoms with Gasteiger partial charge in [0.15, 0.2) is 0 Å². The Kier molecular flexibility index (Phi) is 5.62. The average molecular weight is 386 g/mol. The summed E-state index contributed by atoms with van der Waals surface area (Å²) in [6.45, 7) is 2.40. The van der Waals surface area contributed by atoms with Crippen molar-refractivity contribution in [3.05, 3.63) is 65.9 Å². The molecule has 6 nitrogen and oxygen atoms in total. The largest absolute Gasteiger partial charge is 0.375 e. The van der Waals surface area contributed by atoms with E-state index in [0.717, 1.165) is 16.5 Å². The Hall–Kier alpha value is -2.64. The molecule has 1 heterocycles. The monoisotopic (exact) mass is 386 g/mol. The van der Waals surface area contributed by atoms with Gasteiger partial charge in [-0.2, -0.15) is 0 Å². The van der Waals surface area contributed by atoms with Crippen LogP contribution in [0.2, 0.25) is 0 Å². The Morgan fingerprint density at radius 1 is 1.11 bits per heavy atom. The summed E-state index contributed by atoms with van der Waals surface area (Å²) in [4.78, 5) is 11.7. The van der Waals surface area contributed by atoms with E-state index in [9.17, 15) is 13.2 Å². The summed E-state index contributed by atoms with van der Waals surface area (Å²) in [6.07, 6.45) is 2.17. The number of rotatable bonds is 7. The van der Waals surface area contributed by atoms with Crippen molar-refractivity contribution in [1.82, 2.24) is 9.29 Å². The minimum atomic E-state index is -3.67. The van der Waals surface area contributed by atoms with Crippen molar-refractivity contribution >= 4 is 26.8 Å². The van der Waals surface area contributed by atoms with Crippen molar-refractivity contribution < 1.29 is 17.9 Å². The number of aromatic nitrogens is 1. The van der Waals surface area contributed by atoms with Gasteiger partial charge < -0.3 is 10.1 Å². The summed E-state index contributed by atoms with van der Waals surface area (Å²) in [5, 5.41) is 3.61. The van der Waals surface area contributed by atoms with Gasteiger partial charge in [0.2, 0.25) is 5.91 Å². The van der Waals surface area contributed by atoms with Gasteiger partial charge >= 0.3 is 0 Å². The summed E-state index contributed by atoms with van der Waals surface area (Å²) in [6, 6.07) is 14.3. The molecule has 0 bridgehead atoms. The summed E-state index contributed by atoms with van der Waals surface area (Å²) >= 11 is 0. The van der Waals surface area contributed by atoms with Crippen LogP contribution in [0.25, 0.3) is 10.9 Å². The number of nitrogens with zero attached hydrogens (tertiary/aromatic N) is 1. The number of fused-ring (bicyclic) bond motifs is 1. The molecule has 142 valence electrons. The molecule has 1 N–H and O–H groups in total. The molecular formula is C20H22N2O4S. The van der Waals surface area contributed by atoms with E-state index < -0.39 is 10.0 Å². The fourth-order valence-corrected chi connectivity index (χ4v) is 4.21. The summed E-state index contributed by atoms with van der Waals surface area (Å²) < 4.78 is 32.1.